The lowest BCUT2D eigenvalue weighted by molar-refractivity contribution is -0.111. The monoisotopic (exact) mass is 475 g/mol. The summed E-state index contributed by atoms with van der Waals surface area (Å²) in [6, 6.07) is 15.0. The molecule has 0 fully saturated rings. The zero-order valence-electron chi connectivity index (χ0n) is 20.0. The number of hydrogen-bond acceptors (Lipinski definition) is 5. The Kier molecular flexibility index (Phi) is 7.06. The van der Waals surface area contributed by atoms with Crippen molar-refractivity contribution in [1.82, 2.24) is 0 Å². The van der Waals surface area contributed by atoms with E-state index < -0.39 is 5.82 Å². The predicted octanol–water partition coefficient (Wildman–Crippen LogP) is 6.70. The van der Waals surface area contributed by atoms with E-state index in [4.69, 9.17) is 18.6 Å². The highest BCUT2D eigenvalue weighted by Crippen LogP contribution is 2.41. The number of methoxy groups -OCH3 is 2. The number of hydrogen-bond donors (Lipinski definition) is 1. The van der Waals surface area contributed by atoms with Gasteiger partial charge in [-0.2, -0.15) is 0 Å². The van der Waals surface area contributed by atoms with E-state index in [9.17, 15) is 9.18 Å². The molecule has 0 bridgehead atoms. The number of benzene rings is 3. The molecule has 1 aromatic heterocycles. The van der Waals surface area contributed by atoms with Gasteiger partial charge in [-0.3, -0.25) is 4.79 Å². The van der Waals surface area contributed by atoms with Gasteiger partial charge < -0.3 is 23.9 Å². The zero-order valence-corrected chi connectivity index (χ0v) is 20.0. The summed E-state index contributed by atoms with van der Waals surface area (Å²) in [6.45, 7) is 4.15. The lowest BCUT2D eigenvalue weighted by Crippen LogP contribution is -2.09. The quantitative estimate of drug-likeness (QED) is 0.287. The Labute approximate surface area is 202 Å². The van der Waals surface area contributed by atoms with Crippen LogP contribution < -0.4 is 19.5 Å². The maximum absolute atomic E-state index is 13.5. The molecular weight excluding hydrogens is 449 g/mol. The topological polar surface area (TPSA) is 69.9 Å². The van der Waals surface area contributed by atoms with Gasteiger partial charge in [-0.1, -0.05) is 6.07 Å². The SMILES string of the molecule is CCOc1cc2occ(-c3cc(OC)ccc3OC)c2cc1/C(C)=C/C(=O)Nc1cccc(F)c1. The van der Waals surface area contributed by atoms with E-state index in [-0.39, 0.29) is 5.91 Å². The van der Waals surface area contributed by atoms with Crippen molar-refractivity contribution in [2.75, 3.05) is 26.1 Å². The smallest absolute Gasteiger partial charge is 0.248 e. The molecule has 4 rings (SSSR count). The second-order valence-corrected chi connectivity index (χ2v) is 7.82. The minimum atomic E-state index is -0.423. The molecule has 0 saturated heterocycles. The van der Waals surface area contributed by atoms with E-state index in [1.54, 1.807) is 26.5 Å². The van der Waals surface area contributed by atoms with Gasteiger partial charge in [0.05, 0.1) is 27.1 Å². The number of halogens is 1. The number of carbonyl (C=O) groups excluding carboxylic acids is 1. The number of ether oxygens (including phenoxy) is 3. The number of amides is 1. The average molecular weight is 476 g/mol. The maximum atomic E-state index is 13.5. The van der Waals surface area contributed by atoms with E-state index >= 15 is 0 Å². The summed E-state index contributed by atoms with van der Waals surface area (Å²) < 4.78 is 36.1. The normalized spacial score (nSPS) is 11.4. The fourth-order valence-corrected chi connectivity index (χ4v) is 3.89. The highest BCUT2D eigenvalue weighted by Gasteiger charge is 2.18. The lowest BCUT2D eigenvalue weighted by atomic mass is 9.98. The second-order valence-electron chi connectivity index (χ2n) is 7.82. The van der Waals surface area contributed by atoms with Crippen LogP contribution in [0.3, 0.4) is 0 Å². The van der Waals surface area contributed by atoms with Crippen molar-refractivity contribution in [1.29, 1.82) is 0 Å². The molecule has 0 spiro atoms. The standard InChI is InChI=1S/C28H26FNO5/c1-5-34-26-15-27-23(24(16-35-27)22-13-20(32-3)9-10-25(22)33-4)14-21(26)17(2)11-28(31)30-19-8-6-7-18(29)12-19/h6-16H,5H2,1-4H3,(H,30,31)/b17-11+. The Morgan fingerprint density at radius 1 is 1.03 bits per heavy atom. The Morgan fingerprint density at radius 2 is 1.86 bits per heavy atom. The number of fused-ring (bicyclic) bond motifs is 1. The summed E-state index contributed by atoms with van der Waals surface area (Å²) in [5.74, 6) is 1.15. The fraction of sp³-hybridized carbons (Fsp3) is 0.179. The van der Waals surface area contributed by atoms with Crippen molar-refractivity contribution in [2.45, 2.75) is 13.8 Å². The van der Waals surface area contributed by atoms with Crippen molar-refractivity contribution in [3.63, 3.8) is 0 Å². The highest BCUT2D eigenvalue weighted by molar-refractivity contribution is 6.05. The molecule has 0 unspecified atom stereocenters. The molecule has 0 aliphatic rings. The van der Waals surface area contributed by atoms with E-state index in [0.29, 0.717) is 40.7 Å². The zero-order chi connectivity index (χ0) is 24.9. The lowest BCUT2D eigenvalue weighted by Gasteiger charge is -2.13. The Bertz CT molecular complexity index is 1410. The first-order valence-electron chi connectivity index (χ1n) is 11.1. The van der Waals surface area contributed by atoms with E-state index in [0.717, 1.165) is 22.1 Å². The number of rotatable bonds is 8. The molecular formula is C28H26FNO5. The summed E-state index contributed by atoms with van der Waals surface area (Å²) in [5, 5.41) is 3.51. The van der Waals surface area contributed by atoms with Crippen LogP contribution in [0.5, 0.6) is 17.2 Å². The third-order valence-corrected chi connectivity index (χ3v) is 5.54. The molecule has 0 aliphatic heterocycles. The Balaban J connectivity index is 1.78. The van der Waals surface area contributed by atoms with Crippen molar-refractivity contribution in [2.24, 2.45) is 0 Å². The van der Waals surface area contributed by atoms with Crippen molar-refractivity contribution in [3.05, 3.63) is 78.3 Å². The van der Waals surface area contributed by atoms with Gasteiger partial charge in [-0.05, 0) is 61.9 Å². The summed E-state index contributed by atoms with van der Waals surface area (Å²) >= 11 is 0. The van der Waals surface area contributed by atoms with Crippen LogP contribution in [0.25, 0.3) is 27.7 Å². The minimum Gasteiger partial charge on any atom is -0.497 e. The summed E-state index contributed by atoms with van der Waals surface area (Å²) in [5.41, 5.74) is 4.05. The number of anilines is 1. The van der Waals surface area contributed by atoms with Crippen LogP contribution in [0.15, 0.2) is 71.4 Å². The molecule has 6 nitrogen and oxygen atoms in total. The molecule has 0 aliphatic carbocycles. The van der Waals surface area contributed by atoms with Crippen molar-refractivity contribution < 1.29 is 27.8 Å². The largest absolute Gasteiger partial charge is 0.497 e. The van der Waals surface area contributed by atoms with Gasteiger partial charge in [0, 0.05) is 39.9 Å². The third kappa shape index (κ3) is 5.14. The third-order valence-electron chi connectivity index (χ3n) is 5.54. The molecule has 3 aromatic carbocycles. The van der Waals surface area contributed by atoms with E-state index in [1.807, 2.05) is 44.2 Å². The molecule has 1 heterocycles. The molecule has 0 radical (unpaired) electrons. The molecule has 1 amide bonds. The molecule has 0 atom stereocenters. The first-order valence-corrected chi connectivity index (χ1v) is 11.1. The molecule has 7 heteroatoms. The molecule has 180 valence electrons. The molecule has 35 heavy (non-hydrogen) atoms. The predicted molar refractivity (Wildman–Crippen MR) is 135 cm³/mol. The van der Waals surface area contributed by atoms with Crippen LogP contribution >= 0.6 is 0 Å². The van der Waals surface area contributed by atoms with Gasteiger partial charge in [-0.15, -0.1) is 0 Å². The second kappa shape index (κ2) is 10.3. The van der Waals surface area contributed by atoms with Crippen LogP contribution in [-0.4, -0.2) is 26.7 Å². The summed E-state index contributed by atoms with van der Waals surface area (Å²) in [6.07, 6.45) is 3.12. The number of carbonyl (C=O) groups is 1. The van der Waals surface area contributed by atoms with Crippen LogP contribution in [0.1, 0.15) is 19.4 Å². The Hall–Kier alpha value is -4.26. The van der Waals surface area contributed by atoms with Crippen LogP contribution in [0.4, 0.5) is 10.1 Å². The maximum Gasteiger partial charge on any atom is 0.248 e. The van der Waals surface area contributed by atoms with Gasteiger partial charge in [0.2, 0.25) is 5.91 Å². The van der Waals surface area contributed by atoms with Crippen LogP contribution in [0.2, 0.25) is 0 Å². The van der Waals surface area contributed by atoms with E-state index in [2.05, 4.69) is 5.32 Å². The van der Waals surface area contributed by atoms with Crippen LogP contribution in [0, 0.1) is 5.82 Å². The van der Waals surface area contributed by atoms with Gasteiger partial charge in [0.25, 0.3) is 0 Å². The Morgan fingerprint density at radius 3 is 2.57 bits per heavy atom. The highest BCUT2D eigenvalue weighted by atomic mass is 19.1. The summed E-state index contributed by atoms with van der Waals surface area (Å²) in [7, 11) is 3.21. The van der Waals surface area contributed by atoms with Gasteiger partial charge in [0.1, 0.15) is 28.6 Å². The number of nitrogens with one attached hydrogen (secondary N) is 1. The van der Waals surface area contributed by atoms with E-state index in [1.165, 1.54) is 24.3 Å². The minimum absolute atomic E-state index is 0.377. The van der Waals surface area contributed by atoms with Crippen LogP contribution in [-0.2, 0) is 4.79 Å². The number of furan rings is 1. The molecule has 0 saturated carbocycles. The van der Waals surface area contributed by atoms with Crippen molar-refractivity contribution >= 4 is 28.1 Å². The number of allylic oxidation sites excluding steroid dienone is 1. The van der Waals surface area contributed by atoms with Gasteiger partial charge in [0.15, 0.2) is 0 Å². The first-order chi connectivity index (χ1) is 16.9. The van der Waals surface area contributed by atoms with Gasteiger partial charge >= 0.3 is 0 Å². The van der Waals surface area contributed by atoms with Crippen molar-refractivity contribution in [3.8, 4) is 28.4 Å². The summed E-state index contributed by atoms with van der Waals surface area (Å²) in [4.78, 5) is 12.6. The van der Waals surface area contributed by atoms with Gasteiger partial charge in [-0.25, -0.2) is 4.39 Å². The first kappa shape index (κ1) is 23.9. The fourth-order valence-electron chi connectivity index (χ4n) is 3.89. The average Bonchev–Trinajstić information content (AvgIpc) is 3.25. The molecule has 4 aromatic rings. The molecule has 1 N–H and O–H groups in total.